The number of nitrogens with one attached hydrogen (secondary N) is 1. The molecule has 5 N–H and O–H groups in total. The Bertz CT molecular complexity index is 433. The zero-order valence-electron chi connectivity index (χ0n) is 11.7. The zero-order chi connectivity index (χ0) is 14.3. The van der Waals surface area contributed by atoms with E-state index in [1.54, 1.807) is 6.92 Å². The molecule has 0 spiro atoms. The number of anilines is 2. The number of carbonyl (C=O) groups is 1. The van der Waals surface area contributed by atoms with Crippen LogP contribution in [0.4, 0.5) is 11.4 Å². The Morgan fingerprint density at radius 1 is 1.32 bits per heavy atom. The third-order valence-corrected chi connectivity index (χ3v) is 3.00. The highest BCUT2D eigenvalue weighted by Crippen LogP contribution is 2.24. The summed E-state index contributed by atoms with van der Waals surface area (Å²) in [4.78, 5) is 11.2. The minimum Gasteiger partial charge on any atom is -0.465 e. The number of hydrogen-bond donors (Lipinski definition) is 3. The standard InChI is InChI=1S/C14H23N3O2/c1-3-10-5-6-12(15)14(16)11(10)7-8-17-9-13(18)19-4-2/h5-6,17H,3-4,7-9,15-16H2,1-2H3. The highest BCUT2D eigenvalue weighted by atomic mass is 16.5. The van der Waals surface area contributed by atoms with Crippen LogP contribution in [0.15, 0.2) is 12.1 Å². The first-order valence-electron chi connectivity index (χ1n) is 6.62. The SMILES string of the molecule is CCOC(=O)CNCCc1c(CC)ccc(N)c1N. The molecule has 0 bridgehead atoms. The topological polar surface area (TPSA) is 90.4 Å². The maximum Gasteiger partial charge on any atom is 0.319 e. The number of hydrogen-bond acceptors (Lipinski definition) is 5. The fraction of sp³-hybridized carbons (Fsp3) is 0.500. The van der Waals surface area contributed by atoms with Gasteiger partial charge in [0.05, 0.1) is 24.5 Å². The van der Waals surface area contributed by atoms with E-state index in [9.17, 15) is 4.79 Å². The molecule has 1 aromatic rings. The monoisotopic (exact) mass is 265 g/mol. The van der Waals surface area contributed by atoms with Crippen molar-refractivity contribution in [1.29, 1.82) is 0 Å². The molecule has 106 valence electrons. The molecule has 0 amide bonds. The molecular weight excluding hydrogens is 242 g/mol. The van der Waals surface area contributed by atoms with Crippen molar-refractivity contribution in [2.45, 2.75) is 26.7 Å². The minimum absolute atomic E-state index is 0.220. The molecule has 0 radical (unpaired) electrons. The predicted octanol–water partition coefficient (Wildman–Crippen LogP) is 1.11. The van der Waals surface area contributed by atoms with E-state index in [1.807, 2.05) is 12.1 Å². The van der Waals surface area contributed by atoms with Gasteiger partial charge in [0.15, 0.2) is 0 Å². The van der Waals surface area contributed by atoms with Gasteiger partial charge in [-0.1, -0.05) is 13.0 Å². The lowest BCUT2D eigenvalue weighted by molar-refractivity contribution is -0.141. The van der Waals surface area contributed by atoms with Crippen molar-refractivity contribution in [2.75, 3.05) is 31.2 Å². The summed E-state index contributed by atoms with van der Waals surface area (Å²) >= 11 is 0. The van der Waals surface area contributed by atoms with Gasteiger partial charge < -0.3 is 21.5 Å². The molecule has 1 aromatic carbocycles. The van der Waals surface area contributed by atoms with E-state index in [2.05, 4.69) is 12.2 Å². The fourth-order valence-corrected chi connectivity index (χ4v) is 1.97. The summed E-state index contributed by atoms with van der Waals surface area (Å²) < 4.78 is 4.84. The van der Waals surface area contributed by atoms with Crippen molar-refractivity contribution >= 4 is 17.3 Å². The summed E-state index contributed by atoms with van der Waals surface area (Å²) in [6.45, 7) is 5.17. The van der Waals surface area contributed by atoms with E-state index in [-0.39, 0.29) is 12.5 Å². The van der Waals surface area contributed by atoms with Gasteiger partial charge in [-0.05, 0) is 43.5 Å². The Morgan fingerprint density at radius 2 is 2.05 bits per heavy atom. The van der Waals surface area contributed by atoms with Crippen molar-refractivity contribution in [1.82, 2.24) is 5.32 Å². The molecule has 19 heavy (non-hydrogen) atoms. The molecule has 0 atom stereocenters. The van der Waals surface area contributed by atoms with Gasteiger partial charge in [0.2, 0.25) is 0 Å². The lowest BCUT2D eigenvalue weighted by Gasteiger charge is -2.13. The molecule has 0 saturated carbocycles. The average molecular weight is 265 g/mol. The van der Waals surface area contributed by atoms with Crippen molar-refractivity contribution in [3.05, 3.63) is 23.3 Å². The summed E-state index contributed by atoms with van der Waals surface area (Å²) in [5.74, 6) is -0.237. The number of ether oxygens (including phenoxy) is 1. The van der Waals surface area contributed by atoms with Crippen molar-refractivity contribution < 1.29 is 9.53 Å². The first kappa shape index (κ1) is 15.3. The summed E-state index contributed by atoms with van der Waals surface area (Å²) in [5, 5.41) is 3.05. The Kier molecular flexibility index (Phi) is 6.15. The van der Waals surface area contributed by atoms with E-state index in [0.717, 1.165) is 18.4 Å². The molecule has 0 saturated heterocycles. The molecule has 0 aliphatic carbocycles. The van der Waals surface area contributed by atoms with E-state index in [0.29, 0.717) is 24.5 Å². The Labute approximate surface area is 114 Å². The quantitative estimate of drug-likeness (QED) is 0.390. The number of carbonyl (C=O) groups excluding carboxylic acids is 1. The summed E-state index contributed by atoms with van der Waals surface area (Å²) in [6, 6.07) is 3.84. The maximum atomic E-state index is 11.2. The molecule has 0 unspecified atom stereocenters. The van der Waals surface area contributed by atoms with Gasteiger partial charge >= 0.3 is 5.97 Å². The number of nitrogens with two attached hydrogens (primary N) is 2. The van der Waals surface area contributed by atoms with Crippen LogP contribution in [-0.4, -0.2) is 25.7 Å². The van der Waals surface area contributed by atoms with Crippen molar-refractivity contribution in [3.8, 4) is 0 Å². The molecule has 5 nitrogen and oxygen atoms in total. The maximum absolute atomic E-state index is 11.2. The van der Waals surface area contributed by atoms with E-state index < -0.39 is 0 Å². The van der Waals surface area contributed by atoms with Crippen LogP contribution >= 0.6 is 0 Å². The van der Waals surface area contributed by atoms with Gasteiger partial charge in [-0.25, -0.2) is 0 Å². The van der Waals surface area contributed by atoms with Crippen LogP contribution in [0.5, 0.6) is 0 Å². The molecular formula is C14H23N3O2. The second kappa shape index (κ2) is 7.63. The van der Waals surface area contributed by atoms with Gasteiger partial charge in [0.1, 0.15) is 0 Å². The number of nitrogen functional groups attached to an aromatic ring is 2. The molecule has 0 fully saturated rings. The number of benzene rings is 1. The van der Waals surface area contributed by atoms with Crippen molar-refractivity contribution in [3.63, 3.8) is 0 Å². The van der Waals surface area contributed by atoms with Gasteiger partial charge in [0, 0.05) is 0 Å². The van der Waals surface area contributed by atoms with E-state index in [1.165, 1.54) is 5.56 Å². The van der Waals surface area contributed by atoms with Crippen molar-refractivity contribution in [2.24, 2.45) is 0 Å². The van der Waals surface area contributed by atoms with Crippen LogP contribution in [0, 0.1) is 0 Å². The summed E-state index contributed by atoms with van der Waals surface area (Å²) in [7, 11) is 0. The molecule has 0 aliphatic rings. The molecule has 0 heterocycles. The van der Waals surface area contributed by atoms with Gasteiger partial charge in [-0.15, -0.1) is 0 Å². The Balaban J connectivity index is 2.53. The smallest absolute Gasteiger partial charge is 0.319 e. The number of rotatable bonds is 7. The van der Waals surface area contributed by atoms with Crippen LogP contribution < -0.4 is 16.8 Å². The molecule has 5 heteroatoms. The normalized spacial score (nSPS) is 10.4. The second-order valence-corrected chi connectivity index (χ2v) is 4.29. The largest absolute Gasteiger partial charge is 0.465 e. The predicted molar refractivity (Wildman–Crippen MR) is 77.9 cm³/mol. The number of aryl methyl sites for hydroxylation is 1. The van der Waals surface area contributed by atoms with Gasteiger partial charge in [-0.3, -0.25) is 4.79 Å². The Morgan fingerprint density at radius 3 is 2.68 bits per heavy atom. The average Bonchev–Trinajstić information content (AvgIpc) is 2.39. The van der Waals surface area contributed by atoms with Crippen LogP contribution in [0.25, 0.3) is 0 Å². The van der Waals surface area contributed by atoms with Gasteiger partial charge in [-0.2, -0.15) is 0 Å². The van der Waals surface area contributed by atoms with Crippen LogP contribution in [0.3, 0.4) is 0 Å². The lowest BCUT2D eigenvalue weighted by atomic mass is 9.99. The van der Waals surface area contributed by atoms with Crippen LogP contribution in [-0.2, 0) is 22.4 Å². The summed E-state index contributed by atoms with van der Waals surface area (Å²) in [5.41, 5.74) is 15.3. The third kappa shape index (κ3) is 4.44. The van der Waals surface area contributed by atoms with Gasteiger partial charge in [0.25, 0.3) is 0 Å². The zero-order valence-corrected chi connectivity index (χ0v) is 11.7. The second-order valence-electron chi connectivity index (χ2n) is 4.29. The molecule has 1 rings (SSSR count). The Hall–Kier alpha value is -1.75. The third-order valence-electron chi connectivity index (χ3n) is 3.00. The minimum atomic E-state index is -0.237. The first-order valence-corrected chi connectivity index (χ1v) is 6.62. The van der Waals surface area contributed by atoms with E-state index >= 15 is 0 Å². The first-order chi connectivity index (χ1) is 9.10. The van der Waals surface area contributed by atoms with Crippen LogP contribution in [0.2, 0.25) is 0 Å². The van der Waals surface area contributed by atoms with E-state index in [4.69, 9.17) is 16.2 Å². The fourth-order valence-electron chi connectivity index (χ4n) is 1.97. The lowest BCUT2D eigenvalue weighted by Crippen LogP contribution is -2.27. The molecule has 0 aliphatic heterocycles. The molecule has 0 aromatic heterocycles. The highest BCUT2D eigenvalue weighted by Gasteiger charge is 2.08. The summed E-state index contributed by atoms with van der Waals surface area (Å²) in [6.07, 6.45) is 1.66. The highest BCUT2D eigenvalue weighted by molar-refractivity contribution is 5.71. The van der Waals surface area contributed by atoms with Crippen LogP contribution in [0.1, 0.15) is 25.0 Å². The number of esters is 1.